The highest BCUT2D eigenvalue weighted by atomic mass is 32.2. The molecule has 2 heterocycles. The summed E-state index contributed by atoms with van der Waals surface area (Å²) in [5.41, 5.74) is 6.22. The van der Waals surface area contributed by atoms with Crippen molar-refractivity contribution in [3.8, 4) is 0 Å². The molecular formula is C17H20N4O5S. The molecule has 9 nitrogen and oxygen atoms in total. The number of hydrogen-bond donors (Lipinski definition) is 2. The minimum Gasteiger partial charge on any atom is -0.366 e. The fourth-order valence-corrected chi connectivity index (χ4v) is 5.14. The SMILES string of the molecule is Cc1noc(C)c1S(=O)(=O)N1CCC[C@@H]1C(=O)Nc1ccc(C(N)=O)cc1. The van der Waals surface area contributed by atoms with Gasteiger partial charge in [-0.1, -0.05) is 5.16 Å². The summed E-state index contributed by atoms with van der Waals surface area (Å²) in [6.07, 6.45) is 0.981. The molecule has 0 saturated carbocycles. The number of anilines is 1. The van der Waals surface area contributed by atoms with Gasteiger partial charge in [0.25, 0.3) is 0 Å². The molecule has 1 atom stereocenters. The van der Waals surface area contributed by atoms with Crippen molar-refractivity contribution in [3.05, 3.63) is 41.3 Å². The molecule has 1 aliphatic heterocycles. The van der Waals surface area contributed by atoms with E-state index in [4.69, 9.17) is 10.3 Å². The molecule has 27 heavy (non-hydrogen) atoms. The van der Waals surface area contributed by atoms with Gasteiger partial charge in [-0.3, -0.25) is 9.59 Å². The number of hydrogen-bond acceptors (Lipinski definition) is 6. The van der Waals surface area contributed by atoms with Crippen molar-refractivity contribution in [2.75, 3.05) is 11.9 Å². The van der Waals surface area contributed by atoms with Crippen LogP contribution < -0.4 is 11.1 Å². The molecule has 0 aliphatic carbocycles. The van der Waals surface area contributed by atoms with Gasteiger partial charge < -0.3 is 15.6 Å². The minimum absolute atomic E-state index is 0.00742. The summed E-state index contributed by atoms with van der Waals surface area (Å²) in [5, 5.41) is 6.39. The Labute approximate surface area is 156 Å². The monoisotopic (exact) mass is 392 g/mol. The summed E-state index contributed by atoms with van der Waals surface area (Å²) in [6, 6.07) is 5.23. The molecule has 0 unspecified atom stereocenters. The number of nitrogens with two attached hydrogens (primary N) is 1. The molecule has 10 heteroatoms. The highest BCUT2D eigenvalue weighted by Crippen LogP contribution is 2.30. The van der Waals surface area contributed by atoms with E-state index in [1.807, 2.05) is 0 Å². The molecule has 3 rings (SSSR count). The van der Waals surface area contributed by atoms with Crippen LogP contribution in [0, 0.1) is 13.8 Å². The second-order valence-electron chi connectivity index (χ2n) is 6.36. The fraction of sp³-hybridized carbons (Fsp3) is 0.353. The van der Waals surface area contributed by atoms with Gasteiger partial charge in [-0.25, -0.2) is 8.42 Å². The number of sulfonamides is 1. The topological polar surface area (TPSA) is 136 Å². The smallest absolute Gasteiger partial charge is 0.249 e. The van der Waals surface area contributed by atoms with Crippen molar-refractivity contribution >= 4 is 27.5 Å². The van der Waals surface area contributed by atoms with E-state index in [2.05, 4.69) is 10.5 Å². The quantitative estimate of drug-likeness (QED) is 0.784. The van der Waals surface area contributed by atoms with Gasteiger partial charge >= 0.3 is 0 Å². The first-order chi connectivity index (χ1) is 12.7. The van der Waals surface area contributed by atoms with Crippen molar-refractivity contribution in [2.24, 2.45) is 5.73 Å². The Morgan fingerprint density at radius 1 is 1.26 bits per heavy atom. The first kappa shape index (κ1) is 19.1. The standard InChI is InChI=1S/C17H20N4O5S/c1-10-15(11(2)26-20-10)27(24,25)21-9-3-4-14(21)17(23)19-13-7-5-12(6-8-13)16(18)22/h5-8,14H,3-4,9H2,1-2H3,(H2,18,22)(H,19,23)/t14-/m1/s1. The van der Waals surface area contributed by atoms with Crippen LogP contribution in [0.1, 0.15) is 34.7 Å². The number of carbonyl (C=O) groups is 2. The van der Waals surface area contributed by atoms with E-state index in [1.165, 1.54) is 23.4 Å². The highest BCUT2D eigenvalue weighted by molar-refractivity contribution is 7.89. The van der Waals surface area contributed by atoms with Gasteiger partial charge in [0.1, 0.15) is 16.6 Å². The average Bonchev–Trinajstić information content (AvgIpc) is 3.23. The zero-order valence-corrected chi connectivity index (χ0v) is 15.7. The van der Waals surface area contributed by atoms with Gasteiger partial charge in [0.05, 0.1) is 0 Å². The Balaban J connectivity index is 1.81. The molecule has 1 aromatic heterocycles. The van der Waals surface area contributed by atoms with Crippen molar-refractivity contribution in [1.82, 2.24) is 9.46 Å². The van der Waals surface area contributed by atoms with Gasteiger partial charge in [-0.15, -0.1) is 0 Å². The summed E-state index contributed by atoms with van der Waals surface area (Å²) in [7, 11) is -3.91. The summed E-state index contributed by atoms with van der Waals surface area (Å²) in [5.74, 6) is -0.810. The van der Waals surface area contributed by atoms with Crippen LogP contribution in [0.5, 0.6) is 0 Å². The Morgan fingerprint density at radius 2 is 1.93 bits per heavy atom. The number of rotatable bonds is 5. The number of aromatic nitrogens is 1. The largest absolute Gasteiger partial charge is 0.366 e. The maximum absolute atomic E-state index is 13.0. The molecule has 2 amide bonds. The summed E-state index contributed by atoms with van der Waals surface area (Å²) in [4.78, 5) is 23.8. The second-order valence-corrected chi connectivity index (χ2v) is 8.19. The van der Waals surface area contributed by atoms with Crippen LogP contribution in [-0.2, 0) is 14.8 Å². The van der Waals surface area contributed by atoms with E-state index in [9.17, 15) is 18.0 Å². The molecule has 1 fully saturated rings. The summed E-state index contributed by atoms with van der Waals surface area (Å²) >= 11 is 0. The van der Waals surface area contributed by atoms with Crippen molar-refractivity contribution in [3.63, 3.8) is 0 Å². The Hall–Kier alpha value is -2.72. The number of aryl methyl sites for hydroxylation is 2. The fourth-order valence-electron chi connectivity index (χ4n) is 3.19. The number of primary amides is 1. The predicted molar refractivity (Wildman–Crippen MR) is 96.5 cm³/mol. The lowest BCUT2D eigenvalue weighted by molar-refractivity contribution is -0.119. The lowest BCUT2D eigenvalue weighted by atomic mass is 10.2. The van der Waals surface area contributed by atoms with E-state index in [1.54, 1.807) is 19.1 Å². The number of benzene rings is 1. The van der Waals surface area contributed by atoms with Crippen molar-refractivity contribution in [2.45, 2.75) is 37.6 Å². The van der Waals surface area contributed by atoms with Gasteiger partial charge in [-0.05, 0) is 51.0 Å². The predicted octanol–water partition coefficient (Wildman–Crippen LogP) is 1.18. The van der Waals surface area contributed by atoms with Crippen LogP contribution in [0.4, 0.5) is 5.69 Å². The highest BCUT2D eigenvalue weighted by Gasteiger charge is 2.41. The average molecular weight is 392 g/mol. The van der Waals surface area contributed by atoms with Gasteiger partial charge in [0, 0.05) is 17.8 Å². The summed E-state index contributed by atoms with van der Waals surface area (Å²) < 4.78 is 32.2. The second kappa shape index (κ2) is 7.12. The zero-order valence-electron chi connectivity index (χ0n) is 14.9. The Morgan fingerprint density at radius 3 is 2.48 bits per heavy atom. The van der Waals surface area contributed by atoms with E-state index in [-0.39, 0.29) is 22.9 Å². The van der Waals surface area contributed by atoms with E-state index in [0.717, 1.165) is 0 Å². The Bertz CT molecular complexity index is 962. The molecule has 0 bridgehead atoms. The molecule has 1 saturated heterocycles. The third kappa shape index (κ3) is 3.58. The lowest BCUT2D eigenvalue weighted by Crippen LogP contribution is -2.43. The molecular weight excluding hydrogens is 372 g/mol. The minimum atomic E-state index is -3.91. The van der Waals surface area contributed by atoms with Crippen molar-refractivity contribution in [1.29, 1.82) is 0 Å². The number of nitrogens with one attached hydrogen (secondary N) is 1. The molecule has 144 valence electrons. The van der Waals surface area contributed by atoms with Gasteiger partial charge in [-0.2, -0.15) is 4.31 Å². The third-order valence-electron chi connectivity index (χ3n) is 4.48. The molecule has 2 aromatic rings. The van der Waals surface area contributed by atoms with Crippen LogP contribution in [0.25, 0.3) is 0 Å². The van der Waals surface area contributed by atoms with Crippen LogP contribution in [-0.4, -0.2) is 42.3 Å². The lowest BCUT2D eigenvalue weighted by Gasteiger charge is -2.23. The van der Waals surface area contributed by atoms with Crippen LogP contribution >= 0.6 is 0 Å². The summed E-state index contributed by atoms with van der Waals surface area (Å²) in [6.45, 7) is 3.32. The molecule has 0 spiro atoms. The number of carbonyl (C=O) groups excluding carboxylic acids is 2. The normalized spacial score (nSPS) is 17.8. The van der Waals surface area contributed by atoms with Gasteiger partial charge in [0.15, 0.2) is 5.76 Å². The van der Waals surface area contributed by atoms with Crippen LogP contribution in [0.2, 0.25) is 0 Å². The van der Waals surface area contributed by atoms with Crippen molar-refractivity contribution < 1.29 is 22.5 Å². The Kier molecular flexibility index (Phi) is 5.03. The molecule has 0 radical (unpaired) electrons. The number of amides is 2. The first-order valence-electron chi connectivity index (χ1n) is 8.37. The first-order valence-corrected chi connectivity index (χ1v) is 9.81. The molecule has 3 N–H and O–H groups in total. The van der Waals surface area contributed by atoms with Crippen LogP contribution in [0.15, 0.2) is 33.7 Å². The van der Waals surface area contributed by atoms with Crippen LogP contribution in [0.3, 0.4) is 0 Å². The zero-order chi connectivity index (χ0) is 19.8. The van der Waals surface area contributed by atoms with E-state index < -0.39 is 27.9 Å². The third-order valence-corrected chi connectivity index (χ3v) is 6.63. The maximum atomic E-state index is 13.0. The van der Waals surface area contributed by atoms with Gasteiger partial charge in [0.2, 0.25) is 21.8 Å². The number of nitrogens with zero attached hydrogens (tertiary/aromatic N) is 2. The van der Waals surface area contributed by atoms with E-state index >= 15 is 0 Å². The molecule has 1 aromatic carbocycles. The maximum Gasteiger partial charge on any atom is 0.249 e. The van der Waals surface area contributed by atoms with E-state index in [0.29, 0.717) is 24.1 Å². The molecule has 1 aliphatic rings.